The second kappa shape index (κ2) is 9.45. The number of nitrogens with one attached hydrogen (secondary N) is 1. The minimum absolute atomic E-state index is 0.196. The summed E-state index contributed by atoms with van der Waals surface area (Å²) in [5.74, 6) is -0.603. The number of hydrogen-bond donors (Lipinski definition) is 1. The van der Waals surface area contributed by atoms with Gasteiger partial charge in [0.1, 0.15) is 6.54 Å². The highest BCUT2D eigenvalue weighted by molar-refractivity contribution is 7.98. The molecule has 2 aromatic carbocycles. The molecule has 0 heterocycles. The van der Waals surface area contributed by atoms with Gasteiger partial charge in [-0.05, 0) is 42.2 Å². The van der Waals surface area contributed by atoms with Crippen molar-refractivity contribution in [3.63, 3.8) is 0 Å². The number of benzene rings is 2. The summed E-state index contributed by atoms with van der Waals surface area (Å²) in [5, 5.41) is 4.38. The average molecular weight is 446 g/mol. The molecule has 27 heavy (non-hydrogen) atoms. The topological polar surface area (TPSA) is 78.8 Å². The van der Waals surface area contributed by atoms with Gasteiger partial charge in [-0.3, -0.25) is 9.10 Å². The zero-order chi connectivity index (χ0) is 20.0. The maximum absolute atomic E-state index is 12.1. The van der Waals surface area contributed by atoms with Crippen molar-refractivity contribution < 1.29 is 13.2 Å². The van der Waals surface area contributed by atoms with Crippen LogP contribution in [0.4, 0.5) is 5.69 Å². The minimum Gasteiger partial charge on any atom is -0.271 e. The monoisotopic (exact) mass is 445 g/mol. The van der Waals surface area contributed by atoms with Gasteiger partial charge >= 0.3 is 0 Å². The van der Waals surface area contributed by atoms with Crippen molar-refractivity contribution in [3.8, 4) is 0 Å². The summed E-state index contributed by atoms with van der Waals surface area (Å²) in [6.07, 6.45) is 4.44. The third-order valence-electron chi connectivity index (χ3n) is 3.34. The highest BCUT2D eigenvalue weighted by Crippen LogP contribution is 2.26. The Morgan fingerprint density at radius 1 is 1.19 bits per heavy atom. The van der Waals surface area contributed by atoms with Crippen LogP contribution in [0, 0.1) is 0 Å². The number of anilines is 1. The first-order chi connectivity index (χ1) is 12.7. The molecule has 0 aromatic heterocycles. The van der Waals surface area contributed by atoms with E-state index in [0.29, 0.717) is 0 Å². The average Bonchev–Trinajstić information content (AvgIpc) is 2.58. The Labute approximate surface area is 172 Å². The lowest BCUT2D eigenvalue weighted by Gasteiger charge is -2.21. The number of sulfonamides is 1. The minimum atomic E-state index is -3.73. The molecule has 0 saturated carbocycles. The number of thioether (sulfide) groups is 1. The molecule has 0 radical (unpaired) electrons. The van der Waals surface area contributed by atoms with Gasteiger partial charge in [-0.15, -0.1) is 11.8 Å². The zero-order valence-corrected chi connectivity index (χ0v) is 17.7. The second-order valence-corrected chi connectivity index (χ2v) is 9.12. The first-order valence-corrected chi connectivity index (χ1v) is 11.4. The molecule has 0 fully saturated rings. The van der Waals surface area contributed by atoms with Crippen molar-refractivity contribution >= 4 is 62.8 Å². The summed E-state index contributed by atoms with van der Waals surface area (Å²) < 4.78 is 25.0. The molecule has 0 spiro atoms. The van der Waals surface area contributed by atoms with Crippen LogP contribution in [-0.2, 0) is 14.8 Å². The van der Waals surface area contributed by atoms with Crippen LogP contribution >= 0.6 is 35.0 Å². The molecule has 1 N–H and O–H groups in total. The molecule has 6 nitrogen and oxygen atoms in total. The molecule has 0 aliphatic rings. The molecule has 144 valence electrons. The fraction of sp³-hybridized carbons (Fsp3) is 0.176. The molecule has 0 aliphatic heterocycles. The van der Waals surface area contributed by atoms with E-state index in [1.807, 2.05) is 30.5 Å². The van der Waals surface area contributed by atoms with Gasteiger partial charge < -0.3 is 0 Å². The maximum atomic E-state index is 12.1. The first kappa shape index (κ1) is 21.6. The van der Waals surface area contributed by atoms with Crippen molar-refractivity contribution in [2.24, 2.45) is 5.10 Å². The van der Waals surface area contributed by atoms with E-state index in [9.17, 15) is 13.2 Å². The molecule has 10 heteroatoms. The normalized spacial score (nSPS) is 11.6. The van der Waals surface area contributed by atoms with Gasteiger partial charge in [0.2, 0.25) is 10.0 Å². The van der Waals surface area contributed by atoms with Gasteiger partial charge in [-0.1, -0.05) is 35.3 Å². The lowest BCUT2D eigenvalue weighted by Crippen LogP contribution is -2.39. The molecule has 0 unspecified atom stereocenters. The summed E-state index contributed by atoms with van der Waals surface area (Å²) in [6.45, 7) is -0.460. The molecule has 0 aliphatic carbocycles. The number of rotatable bonds is 7. The SMILES string of the molecule is CSc1ccc(/C=N\NC(=O)CN(c2cc(Cl)cc(Cl)c2)S(C)(=O)=O)cc1. The molecule has 2 rings (SSSR count). The van der Waals surface area contributed by atoms with Crippen molar-refractivity contribution in [2.45, 2.75) is 4.90 Å². The number of carbonyl (C=O) groups excluding carboxylic acids is 1. The van der Waals surface area contributed by atoms with Crippen molar-refractivity contribution in [1.82, 2.24) is 5.43 Å². The zero-order valence-electron chi connectivity index (χ0n) is 14.5. The second-order valence-electron chi connectivity index (χ2n) is 5.46. The Bertz CT molecular complexity index is 928. The van der Waals surface area contributed by atoms with Crippen LogP contribution < -0.4 is 9.73 Å². The van der Waals surface area contributed by atoms with Gasteiger partial charge in [0.25, 0.3) is 5.91 Å². The van der Waals surface area contributed by atoms with Crippen molar-refractivity contribution in [2.75, 3.05) is 23.4 Å². The van der Waals surface area contributed by atoms with Crippen LogP contribution in [-0.4, -0.2) is 39.6 Å². The Kier molecular flexibility index (Phi) is 7.55. The van der Waals surface area contributed by atoms with Crippen molar-refractivity contribution in [3.05, 3.63) is 58.1 Å². The van der Waals surface area contributed by atoms with E-state index >= 15 is 0 Å². The largest absolute Gasteiger partial charge is 0.271 e. The fourth-order valence-electron chi connectivity index (χ4n) is 2.12. The maximum Gasteiger partial charge on any atom is 0.260 e. The smallest absolute Gasteiger partial charge is 0.260 e. The summed E-state index contributed by atoms with van der Waals surface area (Å²) in [6, 6.07) is 11.9. The van der Waals surface area contributed by atoms with Crippen LogP contribution in [0.3, 0.4) is 0 Å². The first-order valence-electron chi connectivity index (χ1n) is 7.59. The Hall–Kier alpha value is -1.74. The molecule has 1 amide bonds. The van der Waals surface area contributed by atoms with E-state index in [4.69, 9.17) is 23.2 Å². The standard InChI is InChI=1S/C17H17Cl2N3O3S2/c1-26-16-5-3-12(4-6-16)10-20-21-17(23)11-22(27(2,24)25)15-8-13(18)7-14(19)9-15/h3-10H,11H2,1-2H3,(H,21,23)/b20-10-. The third kappa shape index (κ3) is 6.73. The van der Waals surface area contributed by atoms with E-state index in [1.54, 1.807) is 11.8 Å². The summed E-state index contributed by atoms with van der Waals surface area (Å²) in [4.78, 5) is 13.2. The van der Waals surface area contributed by atoms with E-state index in [2.05, 4.69) is 10.5 Å². The number of nitrogens with zero attached hydrogens (tertiary/aromatic N) is 2. The van der Waals surface area contributed by atoms with Gasteiger partial charge in [0.05, 0.1) is 18.2 Å². The molecular weight excluding hydrogens is 429 g/mol. The molecule has 2 aromatic rings. The van der Waals surface area contributed by atoms with Crippen LogP contribution in [0.2, 0.25) is 10.0 Å². The van der Waals surface area contributed by atoms with Crippen LogP contribution in [0.1, 0.15) is 5.56 Å². The summed E-state index contributed by atoms with van der Waals surface area (Å²) >= 11 is 13.5. The fourth-order valence-corrected chi connectivity index (χ4v) is 3.88. The predicted molar refractivity (Wildman–Crippen MR) is 113 cm³/mol. The van der Waals surface area contributed by atoms with E-state index < -0.39 is 22.5 Å². The number of hydrogen-bond acceptors (Lipinski definition) is 5. The quantitative estimate of drug-likeness (QED) is 0.400. The van der Waals surface area contributed by atoms with Crippen molar-refractivity contribution in [1.29, 1.82) is 0 Å². The Morgan fingerprint density at radius 3 is 2.30 bits per heavy atom. The Balaban J connectivity index is 2.08. The highest BCUT2D eigenvalue weighted by atomic mass is 35.5. The third-order valence-corrected chi connectivity index (χ3v) is 5.66. The van der Waals surface area contributed by atoms with Gasteiger partial charge in [0, 0.05) is 14.9 Å². The lowest BCUT2D eigenvalue weighted by molar-refractivity contribution is -0.119. The Morgan fingerprint density at radius 2 is 1.78 bits per heavy atom. The summed E-state index contributed by atoms with van der Waals surface area (Å²) in [7, 11) is -3.73. The number of halogens is 2. The van der Waals surface area contributed by atoms with E-state index in [-0.39, 0.29) is 15.7 Å². The lowest BCUT2D eigenvalue weighted by atomic mass is 10.2. The number of amides is 1. The van der Waals surface area contributed by atoms with E-state index in [1.165, 1.54) is 24.4 Å². The predicted octanol–water partition coefficient (Wildman–Crippen LogP) is 3.63. The molecule has 0 saturated heterocycles. The van der Waals surface area contributed by atoms with Gasteiger partial charge in [0.15, 0.2) is 0 Å². The highest BCUT2D eigenvalue weighted by Gasteiger charge is 2.21. The summed E-state index contributed by atoms with van der Waals surface area (Å²) in [5.41, 5.74) is 3.31. The number of hydrazone groups is 1. The van der Waals surface area contributed by atoms with Crippen LogP contribution in [0.5, 0.6) is 0 Å². The molecular formula is C17H17Cl2N3O3S2. The van der Waals surface area contributed by atoms with Crippen LogP contribution in [0.25, 0.3) is 0 Å². The van der Waals surface area contributed by atoms with Gasteiger partial charge in [-0.2, -0.15) is 5.10 Å². The number of carbonyl (C=O) groups is 1. The van der Waals surface area contributed by atoms with Gasteiger partial charge in [-0.25, -0.2) is 13.8 Å². The molecule has 0 bridgehead atoms. The molecule has 0 atom stereocenters. The van der Waals surface area contributed by atoms with E-state index in [0.717, 1.165) is 21.0 Å². The van der Waals surface area contributed by atoms with Crippen LogP contribution in [0.15, 0.2) is 52.5 Å².